The third kappa shape index (κ3) is 5.85. The van der Waals surface area contributed by atoms with Crippen molar-refractivity contribution in [2.75, 3.05) is 13.1 Å². The van der Waals surface area contributed by atoms with Crippen molar-refractivity contribution in [3.63, 3.8) is 0 Å². The van der Waals surface area contributed by atoms with Gasteiger partial charge in [-0.15, -0.1) is 0 Å². The van der Waals surface area contributed by atoms with Gasteiger partial charge in [-0.2, -0.15) is 0 Å². The Morgan fingerprint density at radius 2 is 1.96 bits per heavy atom. The van der Waals surface area contributed by atoms with E-state index in [1.54, 1.807) is 6.92 Å². The molecule has 1 heterocycles. The molecule has 1 aliphatic rings. The topological polar surface area (TPSA) is 58.6 Å². The van der Waals surface area contributed by atoms with Gasteiger partial charge in [-0.25, -0.2) is 4.79 Å². The Balaban J connectivity index is 2.01. The summed E-state index contributed by atoms with van der Waals surface area (Å²) in [4.78, 5) is 26.3. The summed E-state index contributed by atoms with van der Waals surface area (Å²) in [6.45, 7) is 9.87. The zero-order chi connectivity index (χ0) is 18.5. The number of amides is 1. The molecule has 2 rings (SSSR count). The Bertz CT molecular complexity index is 582. The van der Waals surface area contributed by atoms with Gasteiger partial charge in [-0.3, -0.25) is 4.90 Å². The number of likely N-dealkylation sites (tertiary alicyclic amines) is 1. The van der Waals surface area contributed by atoms with Gasteiger partial charge in [0.1, 0.15) is 11.9 Å². The van der Waals surface area contributed by atoms with Crippen molar-refractivity contribution in [2.24, 2.45) is 5.92 Å². The van der Waals surface area contributed by atoms with Crippen LogP contribution in [0.5, 0.6) is 0 Å². The first-order chi connectivity index (χ1) is 11.7. The van der Waals surface area contributed by atoms with Crippen LogP contribution in [-0.4, -0.2) is 41.5 Å². The van der Waals surface area contributed by atoms with Gasteiger partial charge in [0.05, 0.1) is 5.54 Å². The van der Waals surface area contributed by atoms with Gasteiger partial charge < -0.3 is 14.8 Å². The van der Waals surface area contributed by atoms with E-state index in [1.807, 2.05) is 39.0 Å². The van der Waals surface area contributed by atoms with Crippen LogP contribution in [0.3, 0.4) is 0 Å². The van der Waals surface area contributed by atoms with Crippen LogP contribution in [0.1, 0.15) is 46.1 Å². The number of benzene rings is 1. The average Bonchev–Trinajstić information content (AvgIpc) is 2.54. The summed E-state index contributed by atoms with van der Waals surface area (Å²) in [5.41, 5.74) is -0.242. The first kappa shape index (κ1) is 19.4. The van der Waals surface area contributed by atoms with E-state index in [0.717, 1.165) is 38.8 Å². The molecule has 0 spiro atoms. The quantitative estimate of drug-likeness (QED) is 0.831. The van der Waals surface area contributed by atoms with E-state index in [-0.39, 0.29) is 5.92 Å². The minimum absolute atomic E-state index is 0.0648. The van der Waals surface area contributed by atoms with Crippen LogP contribution in [0.25, 0.3) is 0 Å². The Morgan fingerprint density at radius 3 is 2.56 bits per heavy atom. The SMILES string of the molecule is CC(C)(C)OC(=O)NC(C)(C=O)C1CCCN(Cc2ccccc2)C1. The molecule has 1 amide bonds. The molecule has 0 radical (unpaired) electrons. The minimum Gasteiger partial charge on any atom is -0.444 e. The average molecular weight is 346 g/mol. The summed E-state index contributed by atoms with van der Waals surface area (Å²) < 4.78 is 5.33. The van der Waals surface area contributed by atoms with E-state index < -0.39 is 17.2 Å². The second kappa shape index (κ2) is 8.00. The Kier molecular flexibility index (Phi) is 6.22. The molecule has 0 aromatic heterocycles. The van der Waals surface area contributed by atoms with Crippen LogP contribution in [-0.2, 0) is 16.1 Å². The summed E-state index contributed by atoms with van der Waals surface area (Å²) in [6, 6.07) is 10.3. The Morgan fingerprint density at radius 1 is 1.28 bits per heavy atom. The van der Waals surface area contributed by atoms with E-state index in [9.17, 15) is 9.59 Å². The van der Waals surface area contributed by atoms with Crippen molar-refractivity contribution < 1.29 is 14.3 Å². The van der Waals surface area contributed by atoms with Gasteiger partial charge in [0.2, 0.25) is 0 Å². The predicted molar refractivity (Wildman–Crippen MR) is 98.3 cm³/mol. The van der Waals surface area contributed by atoms with Crippen molar-refractivity contribution in [3.8, 4) is 0 Å². The molecule has 138 valence electrons. The van der Waals surface area contributed by atoms with Gasteiger partial charge in [-0.05, 0) is 52.6 Å². The van der Waals surface area contributed by atoms with Crippen LogP contribution in [0, 0.1) is 5.92 Å². The van der Waals surface area contributed by atoms with Crippen molar-refractivity contribution in [1.82, 2.24) is 10.2 Å². The lowest BCUT2D eigenvalue weighted by molar-refractivity contribution is -0.115. The maximum Gasteiger partial charge on any atom is 0.408 e. The highest BCUT2D eigenvalue weighted by Gasteiger charge is 2.39. The highest BCUT2D eigenvalue weighted by molar-refractivity contribution is 5.76. The summed E-state index contributed by atoms with van der Waals surface area (Å²) >= 11 is 0. The van der Waals surface area contributed by atoms with E-state index >= 15 is 0 Å². The molecule has 1 fully saturated rings. The molecule has 1 saturated heterocycles. The molecular weight excluding hydrogens is 316 g/mol. The fraction of sp³-hybridized carbons (Fsp3) is 0.600. The van der Waals surface area contributed by atoms with E-state index in [1.165, 1.54) is 5.56 Å². The van der Waals surface area contributed by atoms with Crippen molar-refractivity contribution in [2.45, 2.75) is 58.2 Å². The predicted octanol–water partition coefficient (Wildman–Crippen LogP) is 3.38. The molecule has 2 atom stereocenters. The molecule has 5 nitrogen and oxygen atoms in total. The number of aldehydes is 1. The second-order valence-corrected chi connectivity index (χ2v) is 8.09. The molecular formula is C20H30N2O3. The molecule has 25 heavy (non-hydrogen) atoms. The lowest BCUT2D eigenvalue weighted by Crippen LogP contribution is -2.57. The molecule has 1 aliphatic heterocycles. The number of rotatable bonds is 5. The second-order valence-electron chi connectivity index (χ2n) is 8.09. The number of nitrogens with one attached hydrogen (secondary N) is 1. The molecule has 2 unspecified atom stereocenters. The number of alkyl carbamates (subject to hydrolysis) is 1. The maximum absolute atomic E-state index is 12.1. The number of carbonyl (C=O) groups excluding carboxylic acids is 2. The lowest BCUT2D eigenvalue weighted by Gasteiger charge is -2.41. The summed E-state index contributed by atoms with van der Waals surface area (Å²) in [5.74, 6) is 0.0648. The highest BCUT2D eigenvalue weighted by Crippen LogP contribution is 2.27. The fourth-order valence-electron chi connectivity index (χ4n) is 3.28. The van der Waals surface area contributed by atoms with Gasteiger partial charge in [0.25, 0.3) is 0 Å². The molecule has 0 saturated carbocycles. The number of hydrogen-bond donors (Lipinski definition) is 1. The van der Waals surface area contributed by atoms with Crippen LogP contribution in [0.4, 0.5) is 4.79 Å². The fourth-order valence-corrected chi connectivity index (χ4v) is 3.28. The molecule has 1 aromatic rings. The van der Waals surface area contributed by atoms with Crippen LogP contribution in [0.2, 0.25) is 0 Å². The number of carbonyl (C=O) groups is 2. The number of piperidine rings is 1. The lowest BCUT2D eigenvalue weighted by atomic mass is 9.81. The molecule has 0 bridgehead atoms. The van der Waals surface area contributed by atoms with Crippen LogP contribution in [0.15, 0.2) is 30.3 Å². The standard InChI is InChI=1S/C20H30N2O3/c1-19(2,3)25-18(24)21-20(4,15-23)17-11-8-12-22(14-17)13-16-9-6-5-7-10-16/h5-7,9-10,15,17H,8,11-14H2,1-4H3,(H,21,24). The maximum atomic E-state index is 12.1. The van der Waals surface area contributed by atoms with Gasteiger partial charge >= 0.3 is 6.09 Å². The van der Waals surface area contributed by atoms with Crippen LogP contribution >= 0.6 is 0 Å². The zero-order valence-electron chi connectivity index (χ0n) is 15.7. The smallest absolute Gasteiger partial charge is 0.408 e. The number of ether oxygens (including phenoxy) is 1. The highest BCUT2D eigenvalue weighted by atomic mass is 16.6. The van der Waals surface area contributed by atoms with Crippen LogP contribution < -0.4 is 5.32 Å². The van der Waals surface area contributed by atoms with Crippen molar-refractivity contribution >= 4 is 12.4 Å². The van der Waals surface area contributed by atoms with Gasteiger partial charge in [0.15, 0.2) is 0 Å². The van der Waals surface area contributed by atoms with Crippen molar-refractivity contribution in [3.05, 3.63) is 35.9 Å². The van der Waals surface area contributed by atoms with E-state index in [0.29, 0.717) is 0 Å². The van der Waals surface area contributed by atoms with Gasteiger partial charge in [-0.1, -0.05) is 30.3 Å². The Labute approximate surface area is 150 Å². The largest absolute Gasteiger partial charge is 0.444 e. The minimum atomic E-state index is -0.919. The molecule has 5 heteroatoms. The first-order valence-corrected chi connectivity index (χ1v) is 8.95. The molecule has 1 N–H and O–H groups in total. The van der Waals surface area contributed by atoms with Crippen molar-refractivity contribution in [1.29, 1.82) is 0 Å². The van der Waals surface area contributed by atoms with Gasteiger partial charge in [0, 0.05) is 19.0 Å². The summed E-state index contributed by atoms with van der Waals surface area (Å²) in [7, 11) is 0. The number of hydrogen-bond acceptors (Lipinski definition) is 4. The molecule has 0 aliphatic carbocycles. The van der Waals surface area contributed by atoms with E-state index in [4.69, 9.17) is 4.74 Å². The molecule has 1 aromatic carbocycles. The third-order valence-corrected chi connectivity index (χ3v) is 4.62. The summed E-state index contributed by atoms with van der Waals surface area (Å²) in [6.07, 6.45) is 2.24. The van der Waals surface area contributed by atoms with E-state index in [2.05, 4.69) is 22.3 Å². The summed E-state index contributed by atoms with van der Waals surface area (Å²) in [5, 5.41) is 2.80. The monoisotopic (exact) mass is 346 g/mol. The number of nitrogens with zero attached hydrogens (tertiary/aromatic N) is 1. The first-order valence-electron chi connectivity index (χ1n) is 8.95. The zero-order valence-corrected chi connectivity index (χ0v) is 15.7. The third-order valence-electron chi connectivity index (χ3n) is 4.62. The normalized spacial score (nSPS) is 21.2. The Hall–Kier alpha value is -1.88.